The molecule has 22 heavy (non-hydrogen) atoms. The Morgan fingerprint density at radius 2 is 2.36 bits per heavy atom. The van der Waals surface area contributed by atoms with Crippen molar-refractivity contribution < 1.29 is 19.3 Å². The number of halogens is 2. The lowest BCUT2D eigenvalue weighted by atomic mass is 10.1. The van der Waals surface area contributed by atoms with E-state index >= 15 is 0 Å². The van der Waals surface area contributed by atoms with Crippen LogP contribution in [-0.2, 0) is 4.74 Å². The summed E-state index contributed by atoms with van der Waals surface area (Å²) < 4.78 is 20.9. The van der Waals surface area contributed by atoms with Crippen LogP contribution in [0.25, 0.3) is 11.0 Å². The number of nitrogens with zero attached hydrogens (tertiary/aromatic N) is 3. The van der Waals surface area contributed by atoms with Crippen LogP contribution in [0.5, 0.6) is 0 Å². The Morgan fingerprint density at radius 1 is 1.64 bits per heavy atom. The first-order valence-corrected chi connectivity index (χ1v) is 7.10. The van der Waals surface area contributed by atoms with Crippen LogP contribution >= 0.6 is 15.9 Å². The zero-order valence-corrected chi connectivity index (χ0v) is 12.6. The van der Waals surface area contributed by atoms with Gasteiger partial charge in [0.2, 0.25) is 0 Å². The van der Waals surface area contributed by atoms with Gasteiger partial charge in [0.1, 0.15) is 34.9 Å². The number of H-pyrrole nitrogens is 1. The van der Waals surface area contributed by atoms with Crippen molar-refractivity contribution in [3.63, 3.8) is 0 Å². The van der Waals surface area contributed by atoms with Gasteiger partial charge < -0.3 is 19.9 Å². The van der Waals surface area contributed by atoms with Crippen LogP contribution in [0, 0.1) is 16.7 Å². The maximum absolute atomic E-state index is 13.9. The van der Waals surface area contributed by atoms with Gasteiger partial charge in [-0.3, -0.25) is 9.98 Å². The molecule has 4 atom stereocenters. The summed E-state index contributed by atoms with van der Waals surface area (Å²) >= 11 is 3.18. The largest absolute Gasteiger partial charge is 0.394 e. The summed E-state index contributed by atoms with van der Waals surface area (Å²) in [5.74, 6) is 0. The van der Waals surface area contributed by atoms with Gasteiger partial charge >= 0.3 is 0 Å². The normalized spacial score (nSPS) is 28.1. The monoisotopic (exact) mass is 371 g/mol. The highest BCUT2D eigenvalue weighted by atomic mass is 79.9. The second kappa shape index (κ2) is 5.44. The molecule has 1 fully saturated rings. The molecule has 0 spiro atoms. The Hall–Kier alpha value is -1.80. The Labute approximate surface area is 131 Å². The molecule has 1 aliphatic rings. The minimum atomic E-state index is -1.75. The second-order valence-electron chi connectivity index (χ2n) is 4.83. The number of aliphatic hydroxyl groups excluding tert-OH is 2. The number of hydrogen-bond donors (Lipinski definition) is 4. The van der Waals surface area contributed by atoms with E-state index in [0.29, 0.717) is 10.3 Å². The average molecular weight is 372 g/mol. The fraction of sp³-hybridized carbons (Fsp3) is 0.417. The number of alkyl halides is 1. The van der Waals surface area contributed by atoms with E-state index in [1.165, 1.54) is 10.9 Å². The number of aromatic amines is 1. The predicted molar refractivity (Wildman–Crippen MR) is 74.3 cm³/mol. The highest BCUT2D eigenvalue weighted by Crippen LogP contribution is 2.33. The molecule has 0 amide bonds. The first kappa shape index (κ1) is 15.1. The summed E-state index contributed by atoms with van der Waals surface area (Å²) in [5, 5.41) is 36.3. The van der Waals surface area contributed by atoms with Crippen molar-refractivity contribution in [2.24, 2.45) is 0 Å². The molecule has 2 aromatic rings. The predicted octanol–water partition coefficient (Wildman–Crippen LogP) is 0.0668. The van der Waals surface area contributed by atoms with E-state index in [1.807, 2.05) is 6.07 Å². The van der Waals surface area contributed by atoms with Crippen LogP contribution in [0.3, 0.4) is 0 Å². The first-order chi connectivity index (χ1) is 10.5. The molecule has 0 aromatic carbocycles. The molecular formula is C12H11BrFN5O3. The topological polar surface area (TPSA) is 131 Å². The highest BCUT2D eigenvalue weighted by Gasteiger charge is 2.45. The zero-order valence-electron chi connectivity index (χ0n) is 11.0. The van der Waals surface area contributed by atoms with Gasteiger partial charge in [-0.25, -0.2) is 9.37 Å². The lowest BCUT2D eigenvalue weighted by molar-refractivity contribution is -0.0500. The van der Waals surface area contributed by atoms with Crippen LogP contribution in [0.1, 0.15) is 11.8 Å². The van der Waals surface area contributed by atoms with Crippen molar-refractivity contribution in [2.45, 2.75) is 24.6 Å². The fourth-order valence-electron chi connectivity index (χ4n) is 2.51. The van der Waals surface area contributed by atoms with Crippen molar-refractivity contribution >= 4 is 27.0 Å². The summed E-state index contributed by atoms with van der Waals surface area (Å²) in [4.78, 5) is 6.70. The molecule has 0 aliphatic carbocycles. The molecule has 0 radical (unpaired) electrons. The fourth-order valence-corrected chi connectivity index (χ4v) is 2.98. The maximum atomic E-state index is 13.9. The Morgan fingerprint density at radius 3 is 2.95 bits per heavy atom. The van der Waals surface area contributed by atoms with Crippen LogP contribution in [0.2, 0.25) is 0 Å². The molecule has 0 bridgehead atoms. The summed E-state index contributed by atoms with van der Waals surface area (Å²) in [6.07, 6.45) is -4.31. The Bertz CT molecular complexity index is 829. The van der Waals surface area contributed by atoms with Crippen molar-refractivity contribution in [1.82, 2.24) is 14.5 Å². The standard InChI is InChI=1S/C12H11BrFN5O3/c13-9-4(1-15)6-10(16)17-3-19(11(6)18-9)12-8(21)7(14)5(2-20)22-12/h3,5,7-8,12,16,18,20-21H,2H2/t5-,7-,8-,12-/m1/s1. The van der Waals surface area contributed by atoms with E-state index < -0.39 is 31.2 Å². The second-order valence-corrected chi connectivity index (χ2v) is 5.63. The summed E-state index contributed by atoms with van der Waals surface area (Å²) in [7, 11) is 0. The van der Waals surface area contributed by atoms with Gasteiger partial charge in [-0.15, -0.1) is 0 Å². The number of fused-ring (bicyclic) bond motifs is 1. The highest BCUT2D eigenvalue weighted by molar-refractivity contribution is 9.10. The van der Waals surface area contributed by atoms with Gasteiger partial charge in [0, 0.05) is 0 Å². The lowest BCUT2D eigenvalue weighted by Crippen LogP contribution is -2.30. The Kier molecular flexibility index (Phi) is 3.73. The van der Waals surface area contributed by atoms with Gasteiger partial charge in [0.05, 0.1) is 17.6 Å². The molecular weight excluding hydrogens is 361 g/mol. The molecule has 3 heterocycles. The van der Waals surface area contributed by atoms with E-state index in [2.05, 4.69) is 25.9 Å². The molecule has 2 aromatic heterocycles. The molecule has 3 rings (SSSR count). The molecule has 10 heteroatoms. The van der Waals surface area contributed by atoms with Crippen molar-refractivity contribution in [3.8, 4) is 6.07 Å². The van der Waals surface area contributed by atoms with E-state index in [0.717, 1.165) is 0 Å². The Balaban J connectivity index is 2.20. The molecule has 8 nitrogen and oxygen atoms in total. The van der Waals surface area contributed by atoms with Gasteiger partial charge in [0.25, 0.3) is 0 Å². The number of nitriles is 1. The zero-order chi connectivity index (χ0) is 16.0. The van der Waals surface area contributed by atoms with E-state index in [9.17, 15) is 9.50 Å². The number of nitrogens with one attached hydrogen (secondary N) is 2. The third-order valence-corrected chi connectivity index (χ3v) is 4.19. The number of aliphatic hydroxyl groups is 2. The van der Waals surface area contributed by atoms with Crippen LogP contribution in [-0.4, -0.2) is 49.7 Å². The van der Waals surface area contributed by atoms with Crippen LogP contribution in [0.15, 0.2) is 10.9 Å². The SMILES string of the molecule is N#Cc1c(Br)[nH]c2c1c(=N)ncn2[C@@H]1O[C@H](CO)[C@@H](F)[C@H]1O. The van der Waals surface area contributed by atoms with Gasteiger partial charge in [0.15, 0.2) is 17.9 Å². The van der Waals surface area contributed by atoms with Crippen molar-refractivity contribution in [2.75, 3.05) is 6.61 Å². The minimum Gasteiger partial charge on any atom is -0.394 e. The molecule has 1 saturated heterocycles. The molecule has 1 aliphatic heterocycles. The molecule has 0 saturated carbocycles. The smallest absolute Gasteiger partial charge is 0.166 e. The number of hydrogen-bond acceptors (Lipinski definition) is 6. The third-order valence-electron chi connectivity index (χ3n) is 3.59. The quantitative estimate of drug-likeness (QED) is 0.593. The average Bonchev–Trinajstić information content (AvgIpc) is 2.98. The van der Waals surface area contributed by atoms with Crippen molar-refractivity contribution in [3.05, 3.63) is 22.0 Å². The van der Waals surface area contributed by atoms with E-state index in [-0.39, 0.29) is 16.4 Å². The van der Waals surface area contributed by atoms with E-state index in [1.54, 1.807) is 0 Å². The number of rotatable bonds is 2. The summed E-state index contributed by atoms with van der Waals surface area (Å²) in [6, 6.07) is 1.95. The van der Waals surface area contributed by atoms with Gasteiger partial charge in [-0.2, -0.15) is 5.26 Å². The molecule has 4 N–H and O–H groups in total. The van der Waals surface area contributed by atoms with Gasteiger partial charge in [-0.1, -0.05) is 0 Å². The third kappa shape index (κ3) is 2.05. The molecule has 0 unspecified atom stereocenters. The van der Waals surface area contributed by atoms with Gasteiger partial charge in [-0.05, 0) is 15.9 Å². The summed E-state index contributed by atoms with van der Waals surface area (Å²) in [5.41, 5.74) is 0.343. The van der Waals surface area contributed by atoms with E-state index in [4.69, 9.17) is 20.5 Å². The molecule has 116 valence electrons. The number of ether oxygens (including phenoxy) is 1. The lowest BCUT2D eigenvalue weighted by Gasteiger charge is -2.18. The maximum Gasteiger partial charge on any atom is 0.166 e. The summed E-state index contributed by atoms with van der Waals surface area (Å²) in [6.45, 7) is -0.569. The minimum absolute atomic E-state index is 0.132. The van der Waals surface area contributed by atoms with Crippen molar-refractivity contribution in [1.29, 1.82) is 10.7 Å². The number of aromatic nitrogens is 3. The van der Waals surface area contributed by atoms with Crippen LogP contribution < -0.4 is 5.49 Å². The first-order valence-electron chi connectivity index (χ1n) is 6.31. The van der Waals surface area contributed by atoms with Crippen LogP contribution in [0.4, 0.5) is 4.39 Å².